The number of rotatable bonds is 7. The Bertz CT molecular complexity index is 917. The van der Waals surface area contributed by atoms with E-state index in [1.165, 1.54) is 6.42 Å². The summed E-state index contributed by atoms with van der Waals surface area (Å²) in [5.74, 6) is 2.54. The van der Waals surface area contributed by atoms with Gasteiger partial charge in [-0.3, -0.25) is 9.48 Å². The maximum absolute atomic E-state index is 13.1. The van der Waals surface area contributed by atoms with Crippen molar-refractivity contribution in [2.45, 2.75) is 51.7 Å². The third kappa shape index (κ3) is 4.85. The summed E-state index contributed by atoms with van der Waals surface area (Å²) in [7, 11) is 0. The zero-order valence-corrected chi connectivity index (χ0v) is 16.8. The Morgan fingerprint density at radius 3 is 2.93 bits per heavy atom. The number of piperidine rings is 1. The molecule has 1 fully saturated rings. The number of aromatic nitrogens is 3. The predicted octanol–water partition coefficient (Wildman–Crippen LogP) is 3.88. The molecular weight excluding hydrogens is 366 g/mol. The van der Waals surface area contributed by atoms with Gasteiger partial charge in [0.2, 0.25) is 0 Å². The molecule has 0 bridgehead atoms. The Balaban J connectivity index is 1.36. The standard InChI is InChI=1S/C22H27N5O2/c1-17-6-8-20(29-17)16-24-21-9-7-18(15-23-21)22(28)27-13-3-2-5-19(27)10-14-26-12-4-11-25-26/h4,6-9,11-12,15,19H,2-3,5,10,13-14,16H2,1H3,(H,23,24)/t19-/m1/s1. The molecule has 1 saturated heterocycles. The van der Waals surface area contributed by atoms with Gasteiger partial charge in [-0.2, -0.15) is 5.10 Å². The van der Waals surface area contributed by atoms with Crippen LogP contribution in [0.4, 0.5) is 5.82 Å². The molecule has 1 amide bonds. The van der Waals surface area contributed by atoms with Crippen LogP contribution in [0.1, 0.15) is 47.6 Å². The Hall–Kier alpha value is -3.09. The number of aryl methyl sites for hydroxylation is 2. The lowest BCUT2D eigenvalue weighted by atomic mass is 9.98. The van der Waals surface area contributed by atoms with Crippen molar-refractivity contribution in [2.24, 2.45) is 0 Å². The van der Waals surface area contributed by atoms with Gasteiger partial charge in [-0.1, -0.05) is 0 Å². The second-order valence-corrected chi connectivity index (χ2v) is 7.50. The number of carbonyl (C=O) groups excluding carboxylic acids is 1. The molecule has 0 unspecified atom stereocenters. The molecule has 152 valence electrons. The van der Waals surface area contributed by atoms with Crippen LogP contribution in [0, 0.1) is 6.92 Å². The molecular formula is C22H27N5O2. The highest BCUT2D eigenvalue weighted by molar-refractivity contribution is 5.94. The minimum absolute atomic E-state index is 0.0656. The van der Waals surface area contributed by atoms with E-state index in [4.69, 9.17) is 4.42 Å². The number of hydrogen-bond acceptors (Lipinski definition) is 5. The van der Waals surface area contributed by atoms with Gasteiger partial charge in [0.05, 0.1) is 12.1 Å². The largest absolute Gasteiger partial charge is 0.465 e. The van der Waals surface area contributed by atoms with Crippen LogP contribution in [0.5, 0.6) is 0 Å². The van der Waals surface area contributed by atoms with E-state index in [1.54, 1.807) is 12.4 Å². The third-order valence-corrected chi connectivity index (χ3v) is 5.39. The van der Waals surface area contributed by atoms with E-state index in [9.17, 15) is 4.79 Å². The first kappa shape index (κ1) is 19.2. The topological polar surface area (TPSA) is 76.2 Å². The summed E-state index contributed by atoms with van der Waals surface area (Å²) in [6.45, 7) is 4.12. The molecule has 4 heterocycles. The van der Waals surface area contributed by atoms with Gasteiger partial charge in [-0.15, -0.1) is 0 Å². The van der Waals surface area contributed by atoms with Gasteiger partial charge in [0, 0.05) is 37.7 Å². The van der Waals surface area contributed by atoms with Crippen LogP contribution in [0.3, 0.4) is 0 Å². The molecule has 0 aromatic carbocycles. The highest BCUT2D eigenvalue weighted by Gasteiger charge is 2.27. The Morgan fingerprint density at radius 2 is 2.21 bits per heavy atom. The molecule has 3 aromatic heterocycles. The number of pyridine rings is 1. The zero-order chi connectivity index (χ0) is 20.1. The van der Waals surface area contributed by atoms with Crippen LogP contribution < -0.4 is 5.32 Å². The number of nitrogens with one attached hydrogen (secondary N) is 1. The molecule has 0 saturated carbocycles. The van der Waals surface area contributed by atoms with Crippen LogP contribution in [0.15, 0.2) is 53.3 Å². The fourth-order valence-corrected chi connectivity index (χ4v) is 3.83. The summed E-state index contributed by atoms with van der Waals surface area (Å²) in [4.78, 5) is 19.5. The average molecular weight is 393 g/mol. The van der Waals surface area contributed by atoms with Crippen molar-refractivity contribution in [2.75, 3.05) is 11.9 Å². The highest BCUT2D eigenvalue weighted by atomic mass is 16.3. The molecule has 0 radical (unpaired) electrons. The van der Waals surface area contributed by atoms with Crippen molar-refractivity contribution >= 4 is 11.7 Å². The number of likely N-dealkylation sites (tertiary alicyclic amines) is 1. The number of carbonyl (C=O) groups is 1. The summed E-state index contributed by atoms with van der Waals surface area (Å²) in [6.07, 6.45) is 9.61. The SMILES string of the molecule is Cc1ccc(CNc2ccc(C(=O)N3CCCC[C@@H]3CCn3cccn3)cn2)o1. The van der Waals surface area contributed by atoms with E-state index < -0.39 is 0 Å². The first-order chi connectivity index (χ1) is 14.2. The molecule has 7 heteroatoms. The molecule has 1 N–H and O–H groups in total. The lowest BCUT2D eigenvalue weighted by molar-refractivity contribution is 0.0593. The van der Waals surface area contributed by atoms with Gasteiger partial charge in [0.15, 0.2) is 0 Å². The second-order valence-electron chi connectivity index (χ2n) is 7.50. The van der Waals surface area contributed by atoms with E-state index in [0.717, 1.165) is 49.7 Å². The van der Waals surface area contributed by atoms with Gasteiger partial charge in [-0.25, -0.2) is 4.98 Å². The molecule has 3 aromatic rings. The third-order valence-electron chi connectivity index (χ3n) is 5.39. The van der Waals surface area contributed by atoms with Crippen molar-refractivity contribution in [1.29, 1.82) is 0 Å². The lowest BCUT2D eigenvalue weighted by Crippen LogP contribution is -2.44. The molecule has 29 heavy (non-hydrogen) atoms. The Labute approximate surface area is 170 Å². The number of amides is 1. The number of furan rings is 1. The quantitative estimate of drug-likeness (QED) is 0.659. The zero-order valence-electron chi connectivity index (χ0n) is 16.8. The van der Waals surface area contributed by atoms with Crippen LogP contribution in [-0.4, -0.2) is 38.2 Å². The smallest absolute Gasteiger partial charge is 0.255 e. The molecule has 1 aliphatic heterocycles. The minimum Gasteiger partial charge on any atom is -0.465 e. The fraction of sp³-hybridized carbons (Fsp3) is 0.409. The second kappa shape index (κ2) is 8.94. The molecule has 7 nitrogen and oxygen atoms in total. The van der Waals surface area contributed by atoms with Gasteiger partial charge in [-0.05, 0) is 62.9 Å². The molecule has 0 aliphatic carbocycles. The number of nitrogens with zero attached hydrogens (tertiary/aromatic N) is 4. The van der Waals surface area contributed by atoms with Gasteiger partial charge in [0.25, 0.3) is 5.91 Å². The molecule has 1 atom stereocenters. The van der Waals surface area contributed by atoms with Crippen LogP contribution in [0.25, 0.3) is 0 Å². The minimum atomic E-state index is 0.0656. The number of hydrogen-bond donors (Lipinski definition) is 1. The van der Waals surface area contributed by atoms with Crippen LogP contribution >= 0.6 is 0 Å². The maximum Gasteiger partial charge on any atom is 0.255 e. The number of anilines is 1. The lowest BCUT2D eigenvalue weighted by Gasteiger charge is -2.36. The van der Waals surface area contributed by atoms with Gasteiger partial charge >= 0.3 is 0 Å². The predicted molar refractivity (Wildman–Crippen MR) is 111 cm³/mol. The van der Waals surface area contributed by atoms with Gasteiger partial charge < -0.3 is 14.6 Å². The summed E-state index contributed by atoms with van der Waals surface area (Å²) in [5.41, 5.74) is 0.635. The first-order valence-electron chi connectivity index (χ1n) is 10.2. The van der Waals surface area contributed by atoms with Crippen molar-refractivity contribution in [3.8, 4) is 0 Å². The van der Waals surface area contributed by atoms with Crippen molar-refractivity contribution in [3.05, 3.63) is 66.0 Å². The Morgan fingerprint density at radius 1 is 1.28 bits per heavy atom. The van der Waals surface area contributed by atoms with E-state index in [0.29, 0.717) is 12.1 Å². The van der Waals surface area contributed by atoms with E-state index in [1.807, 2.05) is 53.0 Å². The maximum atomic E-state index is 13.1. The average Bonchev–Trinajstić information content (AvgIpc) is 3.42. The van der Waals surface area contributed by atoms with Crippen LogP contribution in [0.2, 0.25) is 0 Å². The molecule has 4 rings (SSSR count). The van der Waals surface area contributed by atoms with E-state index in [-0.39, 0.29) is 11.9 Å². The molecule has 0 spiro atoms. The summed E-state index contributed by atoms with van der Waals surface area (Å²) in [6, 6.07) is 9.77. The van der Waals surface area contributed by atoms with Crippen LogP contribution in [-0.2, 0) is 13.1 Å². The summed E-state index contributed by atoms with van der Waals surface area (Å²) in [5, 5.41) is 7.49. The summed E-state index contributed by atoms with van der Waals surface area (Å²) >= 11 is 0. The fourth-order valence-electron chi connectivity index (χ4n) is 3.83. The highest BCUT2D eigenvalue weighted by Crippen LogP contribution is 2.23. The Kier molecular flexibility index (Phi) is 5.93. The summed E-state index contributed by atoms with van der Waals surface area (Å²) < 4.78 is 7.48. The first-order valence-corrected chi connectivity index (χ1v) is 10.2. The van der Waals surface area contributed by atoms with Crippen molar-refractivity contribution in [3.63, 3.8) is 0 Å². The van der Waals surface area contributed by atoms with Gasteiger partial charge in [0.1, 0.15) is 17.3 Å². The molecule has 1 aliphatic rings. The normalized spacial score (nSPS) is 16.7. The van der Waals surface area contributed by atoms with Crippen molar-refractivity contribution < 1.29 is 9.21 Å². The van der Waals surface area contributed by atoms with Crippen molar-refractivity contribution in [1.82, 2.24) is 19.7 Å². The monoisotopic (exact) mass is 393 g/mol. The van der Waals surface area contributed by atoms with E-state index in [2.05, 4.69) is 15.4 Å². The van der Waals surface area contributed by atoms with E-state index >= 15 is 0 Å².